The molecule has 0 aromatic heterocycles. The Balaban J connectivity index is 2.65. The maximum atomic E-state index is 12.9. The quantitative estimate of drug-likeness (QED) is 0.817. The van der Waals surface area contributed by atoms with Crippen LogP contribution in [0.1, 0.15) is 19.4 Å². The SMILES string of the molecule is C#CC(NC(=O)Cc1ccc(F)c(F)c1)C(C)C. The lowest BCUT2D eigenvalue weighted by molar-refractivity contribution is -0.121. The van der Waals surface area contributed by atoms with E-state index >= 15 is 0 Å². The number of rotatable bonds is 4. The maximum Gasteiger partial charge on any atom is 0.225 e. The second kappa shape index (κ2) is 6.15. The average Bonchev–Trinajstić information content (AvgIpc) is 2.30. The van der Waals surface area contributed by atoms with Crippen LogP contribution in [0.4, 0.5) is 8.78 Å². The molecule has 0 aliphatic carbocycles. The van der Waals surface area contributed by atoms with Gasteiger partial charge in [-0.1, -0.05) is 25.8 Å². The summed E-state index contributed by atoms with van der Waals surface area (Å²) in [5, 5.41) is 2.66. The molecule has 0 aliphatic heterocycles. The van der Waals surface area contributed by atoms with E-state index in [1.165, 1.54) is 6.07 Å². The van der Waals surface area contributed by atoms with Crippen LogP contribution >= 0.6 is 0 Å². The summed E-state index contributed by atoms with van der Waals surface area (Å²) in [5.41, 5.74) is 0.408. The predicted octanol–water partition coefficient (Wildman–Crippen LogP) is 2.28. The van der Waals surface area contributed by atoms with E-state index < -0.39 is 11.6 Å². The van der Waals surface area contributed by atoms with Crippen LogP contribution in [0, 0.1) is 29.9 Å². The molecule has 18 heavy (non-hydrogen) atoms. The first-order chi connectivity index (χ1) is 8.43. The van der Waals surface area contributed by atoms with Crippen LogP contribution in [0.3, 0.4) is 0 Å². The summed E-state index contributed by atoms with van der Waals surface area (Å²) in [6.45, 7) is 3.78. The average molecular weight is 251 g/mol. The zero-order valence-electron chi connectivity index (χ0n) is 10.3. The van der Waals surface area contributed by atoms with E-state index in [1.54, 1.807) is 0 Å². The van der Waals surface area contributed by atoms with Gasteiger partial charge in [-0.05, 0) is 23.6 Å². The summed E-state index contributed by atoms with van der Waals surface area (Å²) in [4.78, 5) is 11.7. The van der Waals surface area contributed by atoms with E-state index in [0.29, 0.717) is 5.56 Å². The Labute approximate surface area is 105 Å². The standard InChI is InChI=1S/C14H15F2NO/c1-4-13(9(2)3)17-14(18)8-10-5-6-11(15)12(16)7-10/h1,5-7,9,13H,8H2,2-3H3,(H,17,18). The Morgan fingerprint density at radius 1 is 1.39 bits per heavy atom. The van der Waals surface area contributed by atoms with Crippen LogP contribution in [-0.2, 0) is 11.2 Å². The van der Waals surface area contributed by atoms with Crippen LogP contribution in [0.2, 0.25) is 0 Å². The second-order valence-electron chi connectivity index (χ2n) is 4.38. The largest absolute Gasteiger partial charge is 0.342 e. The lowest BCUT2D eigenvalue weighted by Gasteiger charge is -2.16. The third-order valence-electron chi connectivity index (χ3n) is 2.51. The van der Waals surface area contributed by atoms with Gasteiger partial charge in [0, 0.05) is 0 Å². The van der Waals surface area contributed by atoms with E-state index in [-0.39, 0.29) is 24.3 Å². The molecular formula is C14H15F2NO. The number of amides is 1. The molecular weight excluding hydrogens is 236 g/mol. The molecule has 0 bridgehead atoms. The maximum absolute atomic E-state index is 12.9. The molecule has 1 amide bonds. The van der Waals surface area contributed by atoms with Gasteiger partial charge in [-0.15, -0.1) is 6.42 Å². The van der Waals surface area contributed by atoms with Gasteiger partial charge >= 0.3 is 0 Å². The van der Waals surface area contributed by atoms with Gasteiger partial charge in [-0.3, -0.25) is 4.79 Å². The van der Waals surface area contributed by atoms with Crippen LogP contribution in [-0.4, -0.2) is 11.9 Å². The Bertz CT molecular complexity index is 477. The van der Waals surface area contributed by atoms with E-state index in [2.05, 4.69) is 11.2 Å². The van der Waals surface area contributed by atoms with Gasteiger partial charge in [-0.25, -0.2) is 8.78 Å². The number of hydrogen-bond acceptors (Lipinski definition) is 1. The normalized spacial score (nSPS) is 12.0. The topological polar surface area (TPSA) is 29.1 Å². The number of hydrogen-bond donors (Lipinski definition) is 1. The van der Waals surface area contributed by atoms with Crippen molar-refractivity contribution in [1.29, 1.82) is 0 Å². The third-order valence-corrected chi connectivity index (χ3v) is 2.51. The van der Waals surface area contributed by atoms with Crippen molar-refractivity contribution in [3.05, 3.63) is 35.4 Å². The number of terminal acetylenes is 1. The first-order valence-corrected chi connectivity index (χ1v) is 5.63. The van der Waals surface area contributed by atoms with E-state index in [4.69, 9.17) is 6.42 Å². The number of carbonyl (C=O) groups excluding carboxylic acids is 1. The van der Waals surface area contributed by atoms with Crippen molar-refractivity contribution >= 4 is 5.91 Å². The van der Waals surface area contributed by atoms with E-state index in [1.807, 2.05) is 13.8 Å². The fourth-order valence-corrected chi connectivity index (χ4v) is 1.46. The number of nitrogens with one attached hydrogen (secondary N) is 1. The summed E-state index contributed by atoms with van der Waals surface area (Å²) >= 11 is 0. The van der Waals surface area contributed by atoms with Crippen molar-refractivity contribution < 1.29 is 13.6 Å². The van der Waals surface area contributed by atoms with Gasteiger partial charge in [0.2, 0.25) is 5.91 Å². The fourth-order valence-electron chi connectivity index (χ4n) is 1.46. The highest BCUT2D eigenvalue weighted by Gasteiger charge is 2.14. The van der Waals surface area contributed by atoms with Crippen molar-refractivity contribution in [2.24, 2.45) is 5.92 Å². The van der Waals surface area contributed by atoms with Gasteiger partial charge in [0.1, 0.15) is 0 Å². The Morgan fingerprint density at radius 3 is 2.56 bits per heavy atom. The van der Waals surface area contributed by atoms with Crippen molar-refractivity contribution in [3.63, 3.8) is 0 Å². The molecule has 1 aromatic carbocycles. The van der Waals surface area contributed by atoms with Crippen LogP contribution < -0.4 is 5.32 Å². The lowest BCUT2D eigenvalue weighted by atomic mass is 10.0. The molecule has 1 aromatic rings. The minimum atomic E-state index is -0.961. The van der Waals surface area contributed by atoms with Crippen LogP contribution in [0.5, 0.6) is 0 Å². The number of carbonyl (C=O) groups is 1. The Hall–Kier alpha value is -1.89. The van der Waals surface area contributed by atoms with Crippen molar-refractivity contribution in [3.8, 4) is 12.3 Å². The molecule has 0 saturated heterocycles. The first kappa shape index (κ1) is 14.2. The molecule has 0 saturated carbocycles. The monoisotopic (exact) mass is 251 g/mol. The lowest BCUT2D eigenvalue weighted by Crippen LogP contribution is -2.38. The second-order valence-corrected chi connectivity index (χ2v) is 4.38. The first-order valence-electron chi connectivity index (χ1n) is 5.63. The van der Waals surface area contributed by atoms with Gasteiger partial charge in [0.25, 0.3) is 0 Å². The summed E-state index contributed by atoms with van der Waals surface area (Å²) < 4.78 is 25.7. The highest BCUT2D eigenvalue weighted by atomic mass is 19.2. The molecule has 96 valence electrons. The smallest absolute Gasteiger partial charge is 0.225 e. The molecule has 2 nitrogen and oxygen atoms in total. The molecule has 1 unspecified atom stereocenters. The molecule has 0 heterocycles. The zero-order valence-corrected chi connectivity index (χ0v) is 10.3. The minimum absolute atomic E-state index is 0.0257. The molecule has 0 fully saturated rings. The highest BCUT2D eigenvalue weighted by Crippen LogP contribution is 2.09. The van der Waals surface area contributed by atoms with Gasteiger partial charge in [0.15, 0.2) is 11.6 Å². The van der Waals surface area contributed by atoms with Gasteiger partial charge < -0.3 is 5.32 Å². The molecule has 0 spiro atoms. The zero-order chi connectivity index (χ0) is 13.7. The molecule has 4 heteroatoms. The highest BCUT2D eigenvalue weighted by molar-refractivity contribution is 5.79. The Morgan fingerprint density at radius 2 is 2.06 bits per heavy atom. The molecule has 1 N–H and O–H groups in total. The van der Waals surface area contributed by atoms with Crippen molar-refractivity contribution in [1.82, 2.24) is 5.32 Å². The Kier molecular flexibility index (Phi) is 4.85. The minimum Gasteiger partial charge on any atom is -0.342 e. The summed E-state index contributed by atoms with van der Waals surface area (Å²) in [7, 11) is 0. The van der Waals surface area contributed by atoms with Crippen LogP contribution in [0.25, 0.3) is 0 Å². The molecule has 0 radical (unpaired) electrons. The van der Waals surface area contributed by atoms with Gasteiger partial charge in [0.05, 0.1) is 12.5 Å². The summed E-state index contributed by atoms with van der Waals surface area (Å²) in [5.74, 6) is 0.391. The van der Waals surface area contributed by atoms with E-state index in [0.717, 1.165) is 12.1 Å². The molecule has 1 atom stereocenters. The van der Waals surface area contributed by atoms with Crippen molar-refractivity contribution in [2.45, 2.75) is 26.3 Å². The van der Waals surface area contributed by atoms with Crippen LogP contribution in [0.15, 0.2) is 18.2 Å². The molecule has 0 aliphatic rings. The third kappa shape index (κ3) is 3.85. The summed E-state index contributed by atoms with van der Waals surface area (Å²) in [6, 6.07) is 3.02. The van der Waals surface area contributed by atoms with Crippen molar-refractivity contribution in [2.75, 3.05) is 0 Å². The van der Waals surface area contributed by atoms with E-state index in [9.17, 15) is 13.6 Å². The number of benzene rings is 1. The summed E-state index contributed by atoms with van der Waals surface area (Å²) in [6.07, 6.45) is 5.26. The molecule has 1 rings (SSSR count). The van der Waals surface area contributed by atoms with Gasteiger partial charge in [-0.2, -0.15) is 0 Å². The predicted molar refractivity (Wildman–Crippen MR) is 65.7 cm³/mol. The fraction of sp³-hybridized carbons (Fsp3) is 0.357. The number of halogens is 2.